The Kier molecular flexibility index (Phi) is 10.8. The molecule has 34 heavy (non-hydrogen) atoms. The van der Waals surface area contributed by atoms with Gasteiger partial charge in [-0.2, -0.15) is 0 Å². The smallest absolute Gasteiger partial charge is 0.205 e. The van der Waals surface area contributed by atoms with Gasteiger partial charge < -0.3 is 29.4 Å². The minimum absolute atomic E-state index is 0.500. The van der Waals surface area contributed by atoms with Gasteiger partial charge in [0.25, 0.3) is 0 Å². The lowest BCUT2D eigenvalue weighted by molar-refractivity contribution is -0.180. The molecular formula is C28H41NO5. The topological polar surface area (TPSA) is 69.2 Å². The molecule has 1 aliphatic heterocycles. The van der Waals surface area contributed by atoms with E-state index < -0.39 is 11.9 Å². The molecule has 0 aromatic heterocycles. The summed E-state index contributed by atoms with van der Waals surface area (Å²) < 4.78 is 22.8. The van der Waals surface area contributed by atoms with Gasteiger partial charge >= 0.3 is 0 Å². The fraction of sp³-hybridized carbons (Fsp3) is 0.571. The van der Waals surface area contributed by atoms with E-state index in [1.807, 2.05) is 32.0 Å². The Bertz CT molecular complexity index is 852. The standard InChI is InChI=1S/C28H41NO5/c1-22-8-10-23(11-9-22)20-32-17-16-31-15-7-5-4-6-14-29-19-26(30)24-12-13-27-25(18-24)21-33-28(2,3)34-27/h8-13,18,26,29-30H,4-7,14-17,19-21H2,1-3H3/t26-/m0/s1. The summed E-state index contributed by atoms with van der Waals surface area (Å²) in [6, 6.07) is 14.2. The SMILES string of the molecule is Cc1ccc(COCCOCCCCCCNC[C@H](O)c2ccc3c(c2)COC(C)(C)O3)cc1. The van der Waals surface area contributed by atoms with Crippen LogP contribution in [0.25, 0.3) is 0 Å². The molecule has 2 aromatic carbocycles. The number of unbranched alkanes of at least 4 members (excludes halogenated alkanes) is 3. The summed E-state index contributed by atoms with van der Waals surface area (Å²) in [5, 5.41) is 13.8. The zero-order valence-electron chi connectivity index (χ0n) is 21.0. The van der Waals surface area contributed by atoms with Crippen molar-refractivity contribution in [3.05, 3.63) is 64.7 Å². The number of aliphatic hydroxyl groups excluding tert-OH is 1. The summed E-state index contributed by atoms with van der Waals surface area (Å²) in [4.78, 5) is 0. The maximum Gasteiger partial charge on any atom is 0.205 e. The molecule has 0 spiro atoms. The number of aryl methyl sites for hydroxylation is 1. The Morgan fingerprint density at radius 1 is 0.971 bits per heavy atom. The zero-order valence-corrected chi connectivity index (χ0v) is 21.0. The van der Waals surface area contributed by atoms with Crippen LogP contribution in [0.15, 0.2) is 42.5 Å². The lowest BCUT2D eigenvalue weighted by atomic mass is 10.0. The summed E-state index contributed by atoms with van der Waals surface area (Å²) in [6.07, 6.45) is 3.92. The van der Waals surface area contributed by atoms with Crippen molar-refractivity contribution >= 4 is 0 Å². The quantitative estimate of drug-likeness (QED) is 0.354. The van der Waals surface area contributed by atoms with Crippen LogP contribution in [0.5, 0.6) is 5.75 Å². The van der Waals surface area contributed by atoms with Gasteiger partial charge in [-0.05, 0) is 49.6 Å². The van der Waals surface area contributed by atoms with Crippen molar-refractivity contribution in [2.24, 2.45) is 0 Å². The first-order valence-corrected chi connectivity index (χ1v) is 12.5. The fourth-order valence-corrected chi connectivity index (χ4v) is 3.82. The molecule has 0 fully saturated rings. The number of rotatable bonds is 15. The number of aliphatic hydroxyl groups is 1. The van der Waals surface area contributed by atoms with E-state index >= 15 is 0 Å². The molecule has 2 aromatic rings. The van der Waals surface area contributed by atoms with Gasteiger partial charge in [0, 0.05) is 32.6 Å². The van der Waals surface area contributed by atoms with Crippen LogP contribution in [-0.2, 0) is 27.4 Å². The van der Waals surface area contributed by atoms with Crippen molar-refractivity contribution in [1.82, 2.24) is 5.32 Å². The molecule has 2 N–H and O–H groups in total. The van der Waals surface area contributed by atoms with Crippen LogP contribution in [0, 0.1) is 6.92 Å². The normalized spacial score (nSPS) is 15.5. The second-order valence-electron chi connectivity index (χ2n) is 9.44. The largest absolute Gasteiger partial charge is 0.463 e. The van der Waals surface area contributed by atoms with Gasteiger partial charge in [0.05, 0.1) is 32.5 Å². The molecular weight excluding hydrogens is 430 g/mol. The van der Waals surface area contributed by atoms with E-state index in [1.54, 1.807) is 0 Å². The third-order valence-electron chi connectivity index (χ3n) is 5.89. The first-order chi connectivity index (χ1) is 16.4. The number of benzene rings is 2. The number of nitrogens with one attached hydrogen (secondary N) is 1. The molecule has 0 saturated carbocycles. The van der Waals surface area contributed by atoms with Gasteiger partial charge in [-0.1, -0.05) is 48.7 Å². The van der Waals surface area contributed by atoms with Crippen LogP contribution in [0.2, 0.25) is 0 Å². The Balaban J connectivity index is 1.14. The highest BCUT2D eigenvalue weighted by Gasteiger charge is 2.27. The average Bonchev–Trinajstić information content (AvgIpc) is 2.82. The van der Waals surface area contributed by atoms with Crippen molar-refractivity contribution in [1.29, 1.82) is 0 Å². The monoisotopic (exact) mass is 471 g/mol. The third kappa shape index (κ3) is 9.35. The van der Waals surface area contributed by atoms with Crippen LogP contribution in [0.3, 0.4) is 0 Å². The fourth-order valence-electron chi connectivity index (χ4n) is 3.82. The first kappa shape index (κ1) is 26.6. The predicted octanol–water partition coefficient (Wildman–Crippen LogP) is 5.06. The summed E-state index contributed by atoms with van der Waals surface area (Å²) in [5.74, 6) is 0.232. The molecule has 1 atom stereocenters. The van der Waals surface area contributed by atoms with Crippen molar-refractivity contribution in [2.45, 2.75) is 71.6 Å². The molecule has 6 nitrogen and oxygen atoms in total. The van der Waals surface area contributed by atoms with Crippen molar-refractivity contribution < 1.29 is 24.1 Å². The second-order valence-corrected chi connectivity index (χ2v) is 9.44. The molecule has 6 heteroatoms. The van der Waals surface area contributed by atoms with Gasteiger partial charge in [0.2, 0.25) is 5.79 Å². The van der Waals surface area contributed by atoms with Crippen LogP contribution in [0.1, 0.15) is 67.9 Å². The maximum atomic E-state index is 10.5. The van der Waals surface area contributed by atoms with E-state index in [9.17, 15) is 5.11 Å². The third-order valence-corrected chi connectivity index (χ3v) is 5.89. The van der Waals surface area contributed by atoms with Crippen molar-refractivity contribution in [3.63, 3.8) is 0 Å². The molecule has 0 amide bonds. The van der Waals surface area contributed by atoms with E-state index in [1.165, 1.54) is 11.1 Å². The molecule has 188 valence electrons. The lowest BCUT2D eigenvalue weighted by Crippen LogP contribution is -2.35. The number of ether oxygens (including phenoxy) is 4. The van der Waals surface area contributed by atoms with Crippen molar-refractivity contribution in [3.8, 4) is 5.75 Å². The van der Waals surface area contributed by atoms with E-state index in [-0.39, 0.29) is 0 Å². The molecule has 0 bridgehead atoms. The summed E-state index contributed by atoms with van der Waals surface area (Å²) in [7, 11) is 0. The molecule has 0 saturated heterocycles. The van der Waals surface area contributed by atoms with Crippen molar-refractivity contribution in [2.75, 3.05) is 32.9 Å². The van der Waals surface area contributed by atoms with Gasteiger partial charge in [-0.3, -0.25) is 0 Å². The Morgan fingerprint density at radius 2 is 1.74 bits per heavy atom. The zero-order chi connectivity index (χ0) is 24.2. The van der Waals surface area contributed by atoms with Crippen LogP contribution < -0.4 is 10.1 Å². The molecule has 1 aliphatic rings. The summed E-state index contributed by atoms with van der Waals surface area (Å²) in [5.41, 5.74) is 4.33. The van der Waals surface area contributed by atoms with Crippen LogP contribution in [-0.4, -0.2) is 43.8 Å². The number of hydrogen-bond donors (Lipinski definition) is 2. The molecule has 0 aliphatic carbocycles. The summed E-state index contributed by atoms with van der Waals surface area (Å²) >= 11 is 0. The molecule has 0 unspecified atom stereocenters. The van der Waals surface area contributed by atoms with Gasteiger partial charge in [0.1, 0.15) is 5.75 Å². The lowest BCUT2D eigenvalue weighted by Gasteiger charge is -2.33. The highest BCUT2D eigenvalue weighted by atomic mass is 16.7. The van der Waals surface area contributed by atoms with E-state index in [2.05, 4.69) is 36.5 Å². The average molecular weight is 472 g/mol. The molecule has 0 radical (unpaired) electrons. The summed E-state index contributed by atoms with van der Waals surface area (Å²) in [6.45, 7) is 10.5. The highest BCUT2D eigenvalue weighted by molar-refractivity contribution is 5.39. The van der Waals surface area contributed by atoms with Gasteiger partial charge in [-0.15, -0.1) is 0 Å². The van der Waals surface area contributed by atoms with E-state index in [0.29, 0.717) is 33.0 Å². The molecule has 1 heterocycles. The minimum atomic E-state index is -0.600. The Hall–Kier alpha value is -1.96. The second kappa shape index (κ2) is 13.8. The number of hydrogen-bond acceptors (Lipinski definition) is 6. The number of fused-ring (bicyclic) bond motifs is 1. The first-order valence-electron chi connectivity index (χ1n) is 12.5. The van der Waals surface area contributed by atoms with Gasteiger partial charge in [-0.25, -0.2) is 0 Å². The Labute approximate surface area is 204 Å². The van der Waals surface area contributed by atoms with Crippen LogP contribution in [0.4, 0.5) is 0 Å². The van der Waals surface area contributed by atoms with E-state index in [4.69, 9.17) is 18.9 Å². The highest BCUT2D eigenvalue weighted by Crippen LogP contribution is 2.32. The van der Waals surface area contributed by atoms with Crippen LogP contribution >= 0.6 is 0 Å². The minimum Gasteiger partial charge on any atom is -0.463 e. The maximum absolute atomic E-state index is 10.5. The van der Waals surface area contributed by atoms with Gasteiger partial charge in [0.15, 0.2) is 0 Å². The molecule has 3 rings (SSSR count). The Morgan fingerprint density at radius 3 is 2.56 bits per heavy atom. The predicted molar refractivity (Wildman–Crippen MR) is 134 cm³/mol. The van der Waals surface area contributed by atoms with E-state index in [0.717, 1.165) is 55.7 Å².